The van der Waals surface area contributed by atoms with E-state index >= 15 is 0 Å². The second-order valence-electron chi connectivity index (χ2n) is 4.72. The van der Waals surface area contributed by atoms with Crippen molar-refractivity contribution in [1.82, 2.24) is 4.90 Å². The van der Waals surface area contributed by atoms with Crippen LogP contribution in [0.5, 0.6) is 0 Å². The number of halogens is 1. The predicted octanol–water partition coefficient (Wildman–Crippen LogP) is 2.45. The van der Waals surface area contributed by atoms with Gasteiger partial charge in [-0.05, 0) is 30.5 Å². The molecule has 1 fully saturated rings. The zero-order valence-electron chi connectivity index (χ0n) is 9.97. The normalized spacial score (nSPS) is 18.7. The van der Waals surface area contributed by atoms with Crippen molar-refractivity contribution in [3.05, 3.63) is 34.3 Å². The molecule has 1 aliphatic rings. The van der Waals surface area contributed by atoms with Crippen LogP contribution in [0.4, 0.5) is 4.79 Å². The summed E-state index contributed by atoms with van der Waals surface area (Å²) < 4.78 is 0.980. The van der Waals surface area contributed by atoms with Gasteiger partial charge in [-0.1, -0.05) is 28.1 Å². The number of carboxylic acid groups (broad SMARTS) is 1. The smallest absolute Gasteiger partial charge is 0.407 e. The largest absolute Gasteiger partial charge is 0.465 e. The van der Waals surface area contributed by atoms with Crippen molar-refractivity contribution >= 4 is 22.0 Å². The molecule has 1 aliphatic heterocycles. The van der Waals surface area contributed by atoms with E-state index in [0.29, 0.717) is 25.9 Å². The van der Waals surface area contributed by atoms with Crippen LogP contribution in [0, 0.1) is 0 Å². The number of piperidine rings is 1. The Morgan fingerprint density at radius 3 is 2.56 bits per heavy atom. The van der Waals surface area contributed by atoms with E-state index in [-0.39, 0.29) is 12.0 Å². The van der Waals surface area contributed by atoms with Crippen molar-refractivity contribution < 1.29 is 15.0 Å². The van der Waals surface area contributed by atoms with Crippen molar-refractivity contribution in [3.63, 3.8) is 0 Å². The van der Waals surface area contributed by atoms with Gasteiger partial charge >= 0.3 is 6.09 Å². The van der Waals surface area contributed by atoms with Crippen LogP contribution < -0.4 is 0 Å². The first-order valence-corrected chi connectivity index (χ1v) is 6.71. The molecule has 4 nitrogen and oxygen atoms in total. The number of hydrogen-bond donors (Lipinski definition) is 2. The summed E-state index contributed by atoms with van der Waals surface area (Å²) >= 11 is 3.43. The van der Waals surface area contributed by atoms with E-state index in [2.05, 4.69) is 15.9 Å². The summed E-state index contributed by atoms with van der Waals surface area (Å²) in [4.78, 5) is 12.3. The molecule has 5 heteroatoms. The van der Waals surface area contributed by atoms with Crippen molar-refractivity contribution in [2.75, 3.05) is 19.7 Å². The fourth-order valence-corrected chi connectivity index (χ4v) is 2.88. The highest BCUT2D eigenvalue weighted by molar-refractivity contribution is 9.10. The lowest BCUT2D eigenvalue weighted by Gasteiger charge is -2.40. The molecule has 1 saturated heterocycles. The molecule has 2 N–H and O–H groups in total. The van der Waals surface area contributed by atoms with Crippen LogP contribution in [-0.4, -0.2) is 40.9 Å². The summed E-state index contributed by atoms with van der Waals surface area (Å²) in [5.74, 6) is 0. The summed E-state index contributed by atoms with van der Waals surface area (Å²) in [7, 11) is 0. The first-order valence-electron chi connectivity index (χ1n) is 5.92. The van der Waals surface area contributed by atoms with E-state index in [1.807, 2.05) is 24.3 Å². The third kappa shape index (κ3) is 2.52. The number of nitrogens with zero attached hydrogens (tertiary/aromatic N) is 1. The van der Waals surface area contributed by atoms with Crippen LogP contribution in [-0.2, 0) is 5.41 Å². The fraction of sp³-hybridized carbons (Fsp3) is 0.462. The molecule has 0 aliphatic carbocycles. The summed E-state index contributed by atoms with van der Waals surface area (Å²) in [5.41, 5.74) is 0.764. The molecule has 1 aromatic carbocycles. The molecule has 18 heavy (non-hydrogen) atoms. The quantitative estimate of drug-likeness (QED) is 0.881. The number of amides is 1. The number of aliphatic hydroxyl groups is 1. The first-order chi connectivity index (χ1) is 8.57. The number of hydrogen-bond acceptors (Lipinski definition) is 2. The summed E-state index contributed by atoms with van der Waals surface area (Å²) in [5, 5.41) is 18.7. The molecule has 0 saturated carbocycles. The van der Waals surface area contributed by atoms with Crippen LogP contribution in [0.2, 0.25) is 0 Å². The molecule has 0 atom stereocenters. The Balaban J connectivity index is 2.21. The van der Waals surface area contributed by atoms with Gasteiger partial charge in [-0.3, -0.25) is 0 Å². The molecular formula is C13H16BrNO3. The average Bonchev–Trinajstić information content (AvgIpc) is 2.38. The molecule has 2 rings (SSSR count). The van der Waals surface area contributed by atoms with E-state index < -0.39 is 6.09 Å². The topological polar surface area (TPSA) is 60.8 Å². The first kappa shape index (κ1) is 13.4. The highest BCUT2D eigenvalue weighted by Crippen LogP contribution is 2.36. The Kier molecular flexibility index (Phi) is 3.92. The second kappa shape index (κ2) is 5.28. The minimum Gasteiger partial charge on any atom is -0.465 e. The van der Waals surface area contributed by atoms with Gasteiger partial charge in [0.1, 0.15) is 0 Å². The molecule has 0 unspecified atom stereocenters. The minimum absolute atomic E-state index is 0.0525. The van der Waals surface area contributed by atoms with Gasteiger partial charge < -0.3 is 15.1 Å². The Labute approximate surface area is 114 Å². The van der Waals surface area contributed by atoms with Crippen molar-refractivity contribution in [1.29, 1.82) is 0 Å². The van der Waals surface area contributed by atoms with Gasteiger partial charge in [-0.25, -0.2) is 4.79 Å². The zero-order chi connectivity index (χ0) is 13.2. The Hall–Kier alpha value is -1.07. The maximum Gasteiger partial charge on any atom is 0.407 e. The van der Waals surface area contributed by atoms with Gasteiger partial charge in [-0.15, -0.1) is 0 Å². The van der Waals surface area contributed by atoms with E-state index in [1.165, 1.54) is 4.90 Å². The van der Waals surface area contributed by atoms with E-state index in [9.17, 15) is 9.90 Å². The lowest BCUT2D eigenvalue weighted by Crippen LogP contribution is -2.46. The van der Waals surface area contributed by atoms with Crippen molar-refractivity contribution in [3.8, 4) is 0 Å². The molecule has 0 aromatic heterocycles. The molecule has 0 spiro atoms. The summed E-state index contributed by atoms with van der Waals surface area (Å²) in [6, 6.07) is 7.89. The molecule has 1 aromatic rings. The van der Waals surface area contributed by atoms with Crippen LogP contribution >= 0.6 is 15.9 Å². The summed E-state index contributed by atoms with van der Waals surface area (Å²) in [6.45, 7) is 1.00. The Morgan fingerprint density at radius 2 is 2.06 bits per heavy atom. The molecule has 0 bridgehead atoms. The zero-order valence-corrected chi connectivity index (χ0v) is 11.6. The predicted molar refractivity (Wildman–Crippen MR) is 71.7 cm³/mol. The third-order valence-electron chi connectivity index (χ3n) is 3.73. The van der Waals surface area contributed by atoms with Gasteiger partial charge in [0.15, 0.2) is 0 Å². The van der Waals surface area contributed by atoms with Crippen LogP contribution in [0.15, 0.2) is 28.7 Å². The minimum atomic E-state index is -0.879. The molecule has 0 radical (unpaired) electrons. The highest BCUT2D eigenvalue weighted by Gasteiger charge is 2.37. The average molecular weight is 314 g/mol. The maximum atomic E-state index is 10.9. The number of aliphatic hydroxyl groups excluding tert-OH is 1. The molecule has 1 amide bonds. The van der Waals surface area contributed by atoms with Gasteiger partial charge in [0.05, 0.1) is 6.61 Å². The maximum absolute atomic E-state index is 10.9. The number of likely N-dealkylation sites (tertiary alicyclic amines) is 1. The SMILES string of the molecule is O=C(O)N1CCC(CO)(c2cccc(Br)c2)CC1. The van der Waals surface area contributed by atoms with Gasteiger partial charge in [0.25, 0.3) is 0 Å². The summed E-state index contributed by atoms with van der Waals surface area (Å²) in [6.07, 6.45) is 0.439. The standard InChI is InChI=1S/C13H16BrNO3/c14-11-3-1-2-10(8-11)13(9-16)4-6-15(7-5-13)12(17)18/h1-3,8,16H,4-7,9H2,(H,17,18). The second-order valence-corrected chi connectivity index (χ2v) is 5.63. The molecule has 1 heterocycles. The lowest BCUT2D eigenvalue weighted by atomic mass is 9.73. The Bertz CT molecular complexity index is 442. The van der Waals surface area contributed by atoms with Gasteiger partial charge in [0.2, 0.25) is 0 Å². The van der Waals surface area contributed by atoms with Crippen LogP contribution in [0.1, 0.15) is 18.4 Å². The van der Waals surface area contributed by atoms with E-state index in [4.69, 9.17) is 5.11 Å². The fourth-order valence-electron chi connectivity index (χ4n) is 2.48. The lowest BCUT2D eigenvalue weighted by molar-refractivity contribution is 0.0894. The van der Waals surface area contributed by atoms with Gasteiger partial charge in [0, 0.05) is 23.0 Å². The van der Waals surface area contributed by atoms with Crippen molar-refractivity contribution in [2.24, 2.45) is 0 Å². The van der Waals surface area contributed by atoms with Crippen LogP contribution in [0.25, 0.3) is 0 Å². The van der Waals surface area contributed by atoms with E-state index in [1.54, 1.807) is 0 Å². The number of carbonyl (C=O) groups is 1. The Morgan fingerprint density at radius 1 is 1.39 bits per heavy atom. The number of rotatable bonds is 2. The van der Waals surface area contributed by atoms with Gasteiger partial charge in [-0.2, -0.15) is 0 Å². The van der Waals surface area contributed by atoms with Crippen molar-refractivity contribution in [2.45, 2.75) is 18.3 Å². The van der Waals surface area contributed by atoms with E-state index in [0.717, 1.165) is 10.0 Å². The van der Waals surface area contributed by atoms with Crippen LogP contribution in [0.3, 0.4) is 0 Å². The highest BCUT2D eigenvalue weighted by atomic mass is 79.9. The molecule has 98 valence electrons. The molecular weight excluding hydrogens is 298 g/mol. The monoisotopic (exact) mass is 313 g/mol. The number of benzene rings is 1. The third-order valence-corrected chi connectivity index (χ3v) is 4.22.